The molecule has 4 aromatic rings. The summed E-state index contributed by atoms with van der Waals surface area (Å²) in [5.74, 6) is 0.785. The summed E-state index contributed by atoms with van der Waals surface area (Å²) in [7, 11) is 1.69. The van der Waals surface area contributed by atoms with Gasteiger partial charge in [-0.1, -0.05) is 23.7 Å². The van der Waals surface area contributed by atoms with Gasteiger partial charge in [0.15, 0.2) is 0 Å². The average Bonchev–Trinajstić information content (AvgIpc) is 3.09. The number of pyridine rings is 1. The third-order valence-corrected chi connectivity index (χ3v) is 6.01. The molecule has 2 heterocycles. The number of ether oxygens (including phenoxy) is 1. The molecule has 0 saturated carbocycles. The van der Waals surface area contributed by atoms with Crippen molar-refractivity contribution in [3.8, 4) is 17.0 Å². The molecule has 0 fully saturated rings. The maximum atomic E-state index is 6.41. The first-order valence-corrected chi connectivity index (χ1v) is 10.4. The summed E-state index contributed by atoms with van der Waals surface area (Å²) in [6.07, 6.45) is 3.01. The number of unbranched alkanes of at least 4 members (excludes halogenated alkanes) is 1. The van der Waals surface area contributed by atoms with E-state index >= 15 is 0 Å². The minimum absolute atomic E-state index is 0.706. The van der Waals surface area contributed by atoms with Gasteiger partial charge in [0.2, 0.25) is 0 Å². The number of hydrogen-bond acceptors (Lipinski definition) is 3. The maximum absolute atomic E-state index is 6.41. The lowest BCUT2D eigenvalue weighted by molar-refractivity contribution is 0.419. The summed E-state index contributed by atoms with van der Waals surface area (Å²) in [5.41, 5.74) is 13.3. The zero-order valence-electron chi connectivity index (χ0n) is 17.1. The Morgan fingerprint density at radius 3 is 2.59 bits per heavy atom. The molecule has 0 aliphatic carbocycles. The van der Waals surface area contributed by atoms with Crippen LogP contribution in [0.2, 0.25) is 5.02 Å². The smallest absolute Gasteiger partial charge is 0.145 e. The molecule has 4 nitrogen and oxygen atoms in total. The number of H-pyrrole nitrogens is 1. The molecule has 0 bridgehead atoms. The number of nitrogens with zero attached hydrogens (tertiary/aromatic N) is 1. The fourth-order valence-electron chi connectivity index (χ4n) is 4.04. The number of fused-ring (bicyclic) bond motifs is 2. The predicted molar refractivity (Wildman–Crippen MR) is 122 cm³/mol. The number of methoxy groups -OCH3 is 1. The van der Waals surface area contributed by atoms with E-state index in [2.05, 4.69) is 30.1 Å². The summed E-state index contributed by atoms with van der Waals surface area (Å²) < 4.78 is 5.57. The van der Waals surface area contributed by atoms with Crippen LogP contribution >= 0.6 is 11.6 Å². The maximum Gasteiger partial charge on any atom is 0.145 e. The van der Waals surface area contributed by atoms with Crippen molar-refractivity contribution in [2.24, 2.45) is 5.73 Å². The summed E-state index contributed by atoms with van der Waals surface area (Å²) in [4.78, 5) is 8.42. The molecular weight excluding hydrogens is 382 g/mol. The van der Waals surface area contributed by atoms with Gasteiger partial charge in [-0.3, -0.25) is 0 Å². The van der Waals surface area contributed by atoms with Crippen molar-refractivity contribution in [3.63, 3.8) is 0 Å². The van der Waals surface area contributed by atoms with Crippen LogP contribution in [-0.4, -0.2) is 23.6 Å². The van der Waals surface area contributed by atoms with E-state index in [1.165, 1.54) is 10.9 Å². The van der Waals surface area contributed by atoms with E-state index < -0.39 is 0 Å². The van der Waals surface area contributed by atoms with Gasteiger partial charge in [0, 0.05) is 27.1 Å². The van der Waals surface area contributed by atoms with Gasteiger partial charge in [0.25, 0.3) is 0 Å². The normalized spacial score (nSPS) is 11.5. The Hall–Kier alpha value is -2.56. The molecule has 0 amide bonds. The molecule has 0 spiro atoms. The Kier molecular flexibility index (Phi) is 5.48. The standard InChI is InChI=1S/C24H26ClN3O/c1-14-7-8-19-18(10-12-21(29-3)24(19)27-14)23-16(6-4-5-13-26)17-9-11-20(25)15(2)22(17)28-23/h7-12,28H,4-6,13,26H2,1-3H3. The lowest BCUT2D eigenvalue weighted by Crippen LogP contribution is -1.99. The molecule has 4 rings (SSSR count). The summed E-state index contributed by atoms with van der Waals surface area (Å²) in [6.45, 7) is 4.76. The van der Waals surface area contributed by atoms with Gasteiger partial charge in [0.05, 0.1) is 18.3 Å². The number of aromatic nitrogens is 2. The van der Waals surface area contributed by atoms with E-state index in [4.69, 9.17) is 27.1 Å². The van der Waals surface area contributed by atoms with Crippen LogP contribution in [-0.2, 0) is 6.42 Å². The van der Waals surface area contributed by atoms with Crippen LogP contribution in [0.3, 0.4) is 0 Å². The first-order chi connectivity index (χ1) is 14.0. The van der Waals surface area contributed by atoms with Crippen molar-refractivity contribution in [2.45, 2.75) is 33.1 Å². The second-order valence-corrected chi connectivity index (χ2v) is 7.89. The number of rotatable bonds is 6. The molecule has 3 N–H and O–H groups in total. The van der Waals surface area contributed by atoms with Crippen molar-refractivity contribution in [1.29, 1.82) is 0 Å². The minimum Gasteiger partial charge on any atom is -0.494 e. The van der Waals surface area contributed by atoms with Crippen LogP contribution in [0.5, 0.6) is 5.75 Å². The fraction of sp³-hybridized carbons (Fsp3) is 0.292. The monoisotopic (exact) mass is 407 g/mol. The molecule has 0 radical (unpaired) electrons. The predicted octanol–water partition coefficient (Wildman–Crippen LogP) is 5.94. The molecule has 5 heteroatoms. The lowest BCUT2D eigenvalue weighted by Gasteiger charge is -2.12. The molecule has 2 aromatic carbocycles. The van der Waals surface area contributed by atoms with Crippen molar-refractivity contribution in [3.05, 3.63) is 58.2 Å². The molecule has 150 valence electrons. The van der Waals surface area contributed by atoms with E-state index in [0.29, 0.717) is 6.54 Å². The van der Waals surface area contributed by atoms with E-state index in [-0.39, 0.29) is 0 Å². The second-order valence-electron chi connectivity index (χ2n) is 7.48. The zero-order chi connectivity index (χ0) is 20.5. The molecule has 29 heavy (non-hydrogen) atoms. The highest BCUT2D eigenvalue weighted by Crippen LogP contribution is 2.39. The van der Waals surface area contributed by atoms with Crippen LogP contribution in [0.4, 0.5) is 0 Å². The second kappa shape index (κ2) is 8.05. The molecule has 0 unspecified atom stereocenters. The van der Waals surface area contributed by atoms with E-state index in [1.807, 2.05) is 25.1 Å². The largest absolute Gasteiger partial charge is 0.494 e. The van der Waals surface area contributed by atoms with Gasteiger partial charge >= 0.3 is 0 Å². The first kappa shape index (κ1) is 19.7. The lowest BCUT2D eigenvalue weighted by atomic mass is 9.97. The number of hydrogen-bond donors (Lipinski definition) is 2. The van der Waals surface area contributed by atoms with Crippen molar-refractivity contribution < 1.29 is 4.74 Å². The van der Waals surface area contributed by atoms with Gasteiger partial charge in [0.1, 0.15) is 11.3 Å². The number of nitrogens with two attached hydrogens (primary N) is 1. The van der Waals surface area contributed by atoms with E-state index in [0.717, 1.165) is 69.0 Å². The van der Waals surface area contributed by atoms with Gasteiger partial charge in [-0.25, -0.2) is 4.98 Å². The fourth-order valence-corrected chi connectivity index (χ4v) is 4.20. The SMILES string of the molecule is COc1ccc(-c2[nH]c3c(C)c(Cl)ccc3c2CCCCN)c2ccc(C)nc12. The van der Waals surface area contributed by atoms with Gasteiger partial charge in [-0.2, -0.15) is 0 Å². The minimum atomic E-state index is 0.706. The highest BCUT2D eigenvalue weighted by Gasteiger charge is 2.18. The van der Waals surface area contributed by atoms with Crippen LogP contribution in [0, 0.1) is 13.8 Å². The third kappa shape index (κ3) is 3.47. The topological polar surface area (TPSA) is 63.9 Å². The first-order valence-electron chi connectivity index (χ1n) is 9.99. The molecular formula is C24H26ClN3O. The number of aromatic amines is 1. The van der Waals surface area contributed by atoms with Crippen LogP contribution < -0.4 is 10.5 Å². The highest BCUT2D eigenvalue weighted by molar-refractivity contribution is 6.32. The van der Waals surface area contributed by atoms with E-state index in [1.54, 1.807) is 7.11 Å². The zero-order valence-corrected chi connectivity index (χ0v) is 17.9. The Morgan fingerprint density at radius 1 is 1.03 bits per heavy atom. The molecule has 0 atom stereocenters. The van der Waals surface area contributed by atoms with Crippen LogP contribution in [0.1, 0.15) is 29.7 Å². The van der Waals surface area contributed by atoms with Gasteiger partial charge < -0.3 is 15.5 Å². The number of nitrogens with one attached hydrogen (secondary N) is 1. The molecule has 0 aliphatic rings. The molecule has 0 aliphatic heterocycles. The number of aryl methyl sites for hydroxylation is 3. The Morgan fingerprint density at radius 2 is 1.83 bits per heavy atom. The molecule has 0 saturated heterocycles. The average molecular weight is 408 g/mol. The Bertz CT molecular complexity index is 1200. The van der Waals surface area contributed by atoms with Crippen molar-refractivity contribution in [2.75, 3.05) is 13.7 Å². The Balaban J connectivity index is 2.00. The highest BCUT2D eigenvalue weighted by atomic mass is 35.5. The number of benzene rings is 2. The van der Waals surface area contributed by atoms with Crippen LogP contribution in [0.15, 0.2) is 36.4 Å². The van der Waals surface area contributed by atoms with Crippen molar-refractivity contribution >= 4 is 33.4 Å². The summed E-state index contributed by atoms with van der Waals surface area (Å²) in [5, 5.41) is 3.07. The van der Waals surface area contributed by atoms with Gasteiger partial charge in [-0.15, -0.1) is 0 Å². The third-order valence-electron chi connectivity index (χ3n) is 5.61. The Labute approximate surface area is 176 Å². The number of halogens is 1. The van der Waals surface area contributed by atoms with E-state index in [9.17, 15) is 0 Å². The summed E-state index contributed by atoms with van der Waals surface area (Å²) >= 11 is 6.41. The van der Waals surface area contributed by atoms with Crippen LogP contribution in [0.25, 0.3) is 33.1 Å². The van der Waals surface area contributed by atoms with Gasteiger partial charge in [-0.05, 0) is 75.0 Å². The quantitative estimate of drug-likeness (QED) is 0.388. The van der Waals surface area contributed by atoms with Crippen molar-refractivity contribution in [1.82, 2.24) is 9.97 Å². The summed E-state index contributed by atoms with van der Waals surface area (Å²) in [6, 6.07) is 12.4. The molecule has 2 aromatic heterocycles.